The number of rotatable bonds is 7. The van der Waals surface area contributed by atoms with Crippen molar-refractivity contribution in [3.05, 3.63) is 65.5 Å². The molecule has 1 heterocycles. The van der Waals surface area contributed by atoms with Gasteiger partial charge in [-0.3, -0.25) is 14.6 Å². The van der Waals surface area contributed by atoms with Crippen LogP contribution >= 0.6 is 0 Å². The number of amides is 2. The summed E-state index contributed by atoms with van der Waals surface area (Å²) < 4.78 is 5.34. The van der Waals surface area contributed by atoms with E-state index in [0.717, 1.165) is 16.7 Å². The third-order valence-electron chi connectivity index (χ3n) is 3.76. The smallest absolute Gasteiger partial charge is 0.244 e. The number of carbonyl (C=O) groups is 2. The van der Waals surface area contributed by atoms with Gasteiger partial charge in [-0.05, 0) is 37.6 Å². The molecule has 0 saturated carbocycles. The van der Waals surface area contributed by atoms with Crippen LogP contribution in [0.4, 0.5) is 0 Å². The van der Waals surface area contributed by atoms with Gasteiger partial charge in [-0.25, -0.2) is 0 Å². The molecule has 0 spiro atoms. The standard InChI is InChI=1S/C20H23N3O3/c1-14-6-8-18(26-3)17(11-14)15(2)23-20(25)13-22-19(24)9-7-16-5-4-10-21-12-16/h4-12,15H,13H2,1-3H3,(H,22,24)(H,23,25)/b9-7+/t15-/m1/s1. The zero-order valence-electron chi connectivity index (χ0n) is 15.2. The Balaban J connectivity index is 1.85. The van der Waals surface area contributed by atoms with Crippen LogP contribution in [0.15, 0.2) is 48.8 Å². The minimum absolute atomic E-state index is 0.102. The minimum atomic E-state index is -0.343. The Morgan fingerprint density at radius 3 is 2.81 bits per heavy atom. The molecule has 6 heteroatoms. The molecule has 0 aliphatic rings. The quantitative estimate of drug-likeness (QED) is 0.749. The Morgan fingerprint density at radius 1 is 1.31 bits per heavy atom. The lowest BCUT2D eigenvalue weighted by Gasteiger charge is -2.18. The van der Waals surface area contributed by atoms with Crippen LogP contribution in [0.25, 0.3) is 6.08 Å². The normalized spacial score (nSPS) is 11.8. The van der Waals surface area contributed by atoms with Crippen molar-refractivity contribution in [1.82, 2.24) is 15.6 Å². The Hall–Kier alpha value is -3.15. The van der Waals surface area contributed by atoms with E-state index in [9.17, 15) is 9.59 Å². The number of ether oxygens (including phenoxy) is 1. The highest BCUT2D eigenvalue weighted by Crippen LogP contribution is 2.25. The lowest BCUT2D eigenvalue weighted by molar-refractivity contribution is -0.124. The van der Waals surface area contributed by atoms with Crippen molar-refractivity contribution in [1.29, 1.82) is 0 Å². The molecule has 0 fully saturated rings. The molecule has 1 aromatic carbocycles. The van der Waals surface area contributed by atoms with Crippen molar-refractivity contribution in [2.45, 2.75) is 19.9 Å². The second-order valence-electron chi connectivity index (χ2n) is 5.87. The van der Waals surface area contributed by atoms with E-state index in [2.05, 4.69) is 15.6 Å². The van der Waals surface area contributed by atoms with E-state index in [1.807, 2.05) is 38.1 Å². The van der Waals surface area contributed by atoms with Crippen LogP contribution in [0.1, 0.15) is 29.7 Å². The van der Waals surface area contributed by atoms with Gasteiger partial charge in [-0.2, -0.15) is 0 Å². The molecule has 2 rings (SSSR count). The summed E-state index contributed by atoms with van der Waals surface area (Å²) in [5.41, 5.74) is 2.78. The molecular weight excluding hydrogens is 330 g/mol. The predicted molar refractivity (Wildman–Crippen MR) is 101 cm³/mol. The summed E-state index contributed by atoms with van der Waals surface area (Å²) in [6.45, 7) is 3.75. The topological polar surface area (TPSA) is 80.3 Å². The summed E-state index contributed by atoms with van der Waals surface area (Å²) >= 11 is 0. The Morgan fingerprint density at radius 2 is 2.12 bits per heavy atom. The maximum atomic E-state index is 12.1. The molecule has 0 aliphatic heterocycles. The number of methoxy groups -OCH3 is 1. The van der Waals surface area contributed by atoms with E-state index >= 15 is 0 Å². The second kappa shape index (κ2) is 9.36. The molecule has 0 bridgehead atoms. The average molecular weight is 353 g/mol. The summed E-state index contributed by atoms with van der Waals surface area (Å²) in [6, 6.07) is 9.18. The van der Waals surface area contributed by atoms with Gasteiger partial charge in [-0.15, -0.1) is 0 Å². The number of nitrogens with one attached hydrogen (secondary N) is 2. The molecule has 0 radical (unpaired) electrons. The van der Waals surface area contributed by atoms with Crippen LogP contribution in [-0.4, -0.2) is 30.5 Å². The number of carbonyl (C=O) groups excluding carboxylic acids is 2. The Labute approximate surface area is 153 Å². The fourth-order valence-electron chi connectivity index (χ4n) is 2.44. The summed E-state index contributed by atoms with van der Waals surface area (Å²) in [7, 11) is 1.59. The number of pyridine rings is 1. The van der Waals surface area contributed by atoms with Crippen molar-refractivity contribution in [2.75, 3.05) is 13.7 Å². The largest absolute Gasteiger partial charge is 0.496 e. The Bertz CT molecular complexity index is 788. The molecule has 1 aromatic heterocycles. The number of hydrogen-bond acceptors (Lipinski definition) is 4. The number of hydrogen-bond donors (Lipinski definition) is 2. The number of nitrogens with zero attached hydrogens (tertiary/aromatic N) is 1. The second-order valence-corrected chi connectivity index (χ2v) is 5.87. The fraction of sp³-hybridized carbons (Fsp3) is 0.250. The summed E-state index contributed by atoms with van der Waals surface area (Å²) in [5, 5.41) is 5.42. The fourth-order valence-corrected chi connectivity index (χ4v) is 2.44. The lowest BCUT2D eigenvalue weighted by atomic mass is 10.0. The van der Waals surface area contributed by atoms with Crippen LogP contribution in [-0.2, 0) is 9.59 Å². The van der Waals surface area contributed by atoms with Crippen molar-refractivity contribution in [3.8, 4) is 5.75 Å². The van der Waals surface area contributed by atoms with E-state index in [4.69, 9.17) is 4.74 Å². The predicted octanol–water partition coefficient (Wildman–Crippen LogP) is 2.41. The van der Waals surface area contributed by atoms with Gasteiger partial charge in [0.15, 0.2) is 0 Å². The average Bonchev–Trinajstić information content (AvgIpc) is 2.65. The SMILES string of the molecule is COc1ccc(C)cc1[C@@H](C)NC(=O)CNC(=O)/C=C/c1cccnc1. The molecule has 0 unspecified atom stereocenters. The van der Waals surface area contributed by atoms with Crippen molar-refractivity contribution in [2.24, 2.45) is 0 Å². The van der Waals surface area contributed by atoms with E-state index in [1.165, 1.54) is 6.08 Å². The maximum Gasteiger partial charge on any atom is 0.244 e. The first-order valence-corrected chi connectivity index (χ1v) is 8.29. The van der Waals surface area contributed by atoms with Gasteiger partial charge >= 0.3 is 0 Å². The zero-order valence-corrected chi connectivity index (χ0v) is 15.2. The van der Waals surface area contributed by atoms with E-state index in [1.54, 1.807) is 31.6 Å². The van der Waals surface area contributed by atoms with E-state index in [-0.39, 0.29) is 24.4 Å². The third-order valence-corrected chi connectivity index (χ3v) is 3.76. The van der Waals surface area contributed by atoms with Gasteiger partial charge in [0, 0.05) is 24.0 Å². The molecule has 1 atom stereocenters. The van der Waals surface area contributed by atoms with Crippen LogP contribution < -0.4 is 15.4 Å². The minimum Gasteiger partial charge on any atom is -0.496 e. The van der Waals surface area contributed by atoms with Crippen molar-refractivity contribution in [3.63, 3.8) is 0 Å². The highest BCUT2D eigenvalue weighted by molar-refractivity contribution is 5.94. The molecule has 0 aliphatic carbocycles. The molecule has 2 aromatic rings. The molecule has 26 heavy (non-hydrogen) atoms. The van der Waals surface area contributed by atoms with E-state index in [0.29, 0.717) is 5.75 Å². The lowest BCUT2D eigenvalue weighted by Crippen LogP contribution is -2.37. The van der Waals surface area contributed by atoms with Gasteiger partial charge in [-0.1, -0.05) is 23.8 Å². The molecule has 136 valence electrons. The zero-order chi connectivity index (χ0) is 18.9. The van der Waals surface area contributed by atoms with Crippen LogP contribution in [0, 0.1) is 6.92 Å². The van der Waals surface area contributed by atoms with Crippen LogP contribution in [0.5, 0.6) is 5.75 Å². The molecule has 2 amide bonds. The third kappa shape index (κ3) is 5.73. The van der Waals surface area contributed by atoms with Gasteiger partial charge in [0.2, 0.25) is 11.8 Å². The number of aryl methyl sites for hydroxylation is 1. The van der Waals surface area contributed by atoms with Crippen molar-refractivity contribution >= 4 is 17.9 Å². The van der Waals surface area contributed by atoms with Crippen LogP contribution in [0.3, 0.4) is 0 Å². The van der Waals surface area contributed by atoms with E-state index < -0.39 is 0 Å². The highest BCUT2D eigenvalue weighted by atomic mass is 16.5. The monoisotopic (exact) mass is 353 g/mol. The summed E-state index contributed by atoms with van der Waals surface area (Å²) in [5.74, 6) is 0.0980. The molecule has 0 saturated heterocycles. The summed E-state index contributed by atoms with van der Waals surface area (Å²) in [6.07, 6.45) is 6.32. The Kier molecular flexibility index (Phi) is 6.91. The number of benzene rings is 1. The van der Waals surface area contributed by atoms with Gasteiger partial charge in [0.25, 0.3) is 0 Å². The maximum absolute atomic E-state index is 12.1. The first-order chi connectivity index (χ1) is 12.5. The number of aromatic nitrogens is 1. The molecule has 6 nitrogen and oxygen atoms in total. The first-order valence-electron chi connectivity index (χ1n) is 8.29. The summed E-state index contributed by atoms with van der Waals surface area (Å²) in [4.78, 5) is 27.9. The molecule has 2 N–H and O–H groups in total. The first kappa shape index (κ1) is 19.2. The van der Waals surface area contributed by atoms with Gasteiger partial charge in [0.05, 0.1) is 19.7 Å². The van der Waals surface area contributed by atoms with Crippen LogP contribution in [0.2, 0.25) is 0 Å². The van der Waals surface area contributed by atoms with Gasteiger partial charge < -0.3 is 15.4 Å². The molecular formula is C20H23N3O3. The van der Waals surface area contributed by atoms with Gasteiger partial charge in [0.1, 0.15) is 5.75 Å². The highest BCUT2D eigenvalue weighted by Gasteiger charge is 2.14. The van der Waals surface area contributed by atoms with Crippen molar-refractivity contribution < 1.29 is 14.3 Å².